The summed E-state index contributed by atoms with van der Waals surface area (Å²) < 4.78 is 0. The second-order valence-corrected chi connectivity index (χ2v) is 5.08. The van der Waals surface area contributed by atoms with Gasteiger partial charge in [-0.1, -0.05) is 0 Å². The Morgan fingerprint density at radius 2 is 2.16 bits per heavy atom. The molecule has 1 aliphatic rings. The van der Waals surface area contributed by atoms with E-state index in [9.17, 15) is 9.59 Å². The van der Waals surface area contributed by atoms with Gasteiger partial charge in [0.05, 0.1) is 17.9 Å². The van der Waals surface area contributed by atoms with E-state index < -0.39 is 5.91 Å². The Balaban J connectivity index is 1.91. The molecule has 2 rings (SSSR count). The monoisotopic (exact) mass is 265 g/mol. The molecule has 0 spiro atoms. The van der Waals surface area contributed by atoms with Gasteiger partial charge in [0, 0.05) is 12.0 Å². The van der Waals surface area contributed by atoms with Crippen molar-refractivity contribution in [1.29, 1.82) is 0 Å². The van der Waals surface area contributed by atoms with E-state index in [0.717, 1.165) is 18.5 Å². The molecule has 2 amide bonds. The number of anilines is 1. The fourth-order valence-corrected chi connectivity index (χ4v) is 1.84. The summed E-state index contributed by atoms with van der Waals surface area (Å²) in [7, 11) is 0. The predicted octanol–water partition coefficient (Wildman–Crippen LogP) is 0.124. The summed E-state index contributed by atoms with van der Waals surface area (Å²) >= 11 is 0. The molecule has 0 saturated heterocycles. The Kier molecular flexibility index (Phi) is 3.73. The molecule has 0 unspecified atom stereocenters. The molecule has 1 heterocycles. The van der Waals surface area contributed by atoms with E-state index in [2.05, 4.69) is 20.8 Å². The van der Waals surface area contributed by atoms with Crippen LogP contribution in [0.25, 0.3) is 0 Å². The van der Waals surface area contributed by atoms with E-state index in [1.54, 1.807) is 0 Å². The molecule has 7 heteroatoms. The van der Waals surface area contributed by atoms with Crippen LogP contribution in [0, 0.1) is 0 Å². The number of aromatic nitrogens is 2. The number of nitrogens with one attached hydrogen (secondary N) is 3. The van der Waals surface area contributed by atoms with Crippen molar-refractivity contribution < 1.29 is 9.59 Å². The number of aromatic amines is 1. The number of H-pyrrole nitrogens is 1. The van der Waals surface area contributed by atoms with Crippen molar-refractivity contribution in [3.8, 4) is 0 Å². The summed E-state index contributed by atoms with van der Waals surface area (Å²) in [6, 6.07) is 0.0429. The van der Waals surface area contributed by atoms with Gasteiger partial charge >= 0.3 is 0 Å². The number of hydrogen-bond acceptors (Lipinski definition) is 4. The van der Waals surface area contributed by atoms with Gasteiger partial charge in [0.1, 0.15) is 0 Å². The van der Waals surface area contributed by atoms with E-state index in [1.165, 1.54) is 0 Å². The molecule has 0 aliphatic heterocycles. The van der Waals surface area contributed by atoms with Gasteiger partial charge in [-0.15, -0.1) is 0 Å². The molecule has 0 bridgehead atoms. The second kappa shape index (κ2) is 5.29. The highest BCUT2D eigenvalue weighted by Gasteiger charge is 2.30. The summed E-state index contributed by atoms with van der Waals surface area (Å²) in [6.45, 7) is 3.63. The van der Waals surface area contributed by atoms with Crippen LogP contribution in [0.1, 0.15) is 48.8 Å². The SMILES string of the molecule is CC(C)NC(=O)CNC(=O)c1n[nH]c(C2CC2)c1N. The first-order valence-corrected chi connectivity index (χ1v) is 6.40. The Labute approximate surface area is 111 Å². The topological polar surface area (TPSA) is 113 Å². The molecule has 0 aromatic carbocycles. The number of hydrogen-bond donors (Lipinski definition) is 4. The zero-order valence-corrected chi connectivity index (χ0v) is 11.1. The van der Waals surface area contributed by atoms with Crippen molar-refractivity contribution >= 4 is 17.5 Å². The summed E-state index contributed by atoms with van der Waals surface area (Å²) in [4.78, 5) is 23.3. The first kappa shape index (κ1) is 13.4. The van der Waals surface area contributed by atoms with Crippen molar-refractivity contribution in [2.45, 2.75) is 38.6 Å². The molecular formula is C12H19N5O2. The minimum atomic E-state index is -0.431. The molecule has 19 heavy (non-hydrogen) atoms. The standard InChI is InChI=1S/C12H19N5O2/c1-6(2)15-8(18)5-14-12(19)11-9(13)10(16-17-11)7-3-4-7/h6-7H,3-5,13H2,1-2H3,(H,14,19)(H,15,18)(H,16,17). The number of rotatable bonds is 5. The molecule has 0 radical (unpaired) electrons. The lowest BCUT2D eigenvalue weighted by Crippen LogP contribution is -2.40. The molecule has 1 aromatic heterocycles. The smallest absolute Gasteiger partial charge is 0.274 e. The molecular weight excluding hydrogens is 246 g/mol. The van der Waals surface area contributed by atoms with Crippen LogP contribution in [0.4, 0.5) is 5.69 Å². The van der Waals surface area contributed by atoms with Crippen LogP contribution in [0.2, 0.25) is 0 Å². The van der Waals surface area contributed by atoms with Crippen LogP contribution in [-0.4, -0.2) is 34.6 Å². The highest BCUT2D eigenvalue weighted by Crippen LogP contribution is 2.42. The fourth-order valence-electron chi connectivity index (χ4n) is 1.84. The quantitative estimate of drug-likeness (QED) is 0.605. The molecule has 5 N–H and O–H groups in total. The van der Waals surface area contributed by atoms with E-state index >= 15 is 0 Å². The average molecular weight is 265 g/mol. The largest absolute Gasteiger partial charge is 0.395 e. The van der Waals surface area contributed by atoms with Crippen molar-refractivity contribution in [1.82, 2.24) is 20.8 Å². The van der Waals surface area contributed by atoms with E-state index in [1.807, 2.05) is 13.8 Å². The molecule has 104 valence electrons. The third kappa shape index (κ3) is 3.24. The highest BCUT2D eigenvalue weighted by atomic mass is 16.2. The molecule has 0 atom stereocenters. The Hall–Kier alpha value is -2.05. The molecule has 1 saturated carbocycles. The van der Waals surface area contributed by atoms with Gasteiger partial charge in [0.2, 0.25) is 5.91 Å². The number of carbonyl (C=O) groups is 2. The average Bonchev–Trinajstić information content (AvgIpc) is 3.09. The zero-order chi connectivity index (χ0) is 14.0. The van der Waals surface area contributed by atoms with Crippen LogP contribution < -0.4 is 16.4 Å². The second-order valence-electron chi connectivity index (χ2n) is 5.08. The van der Waals surface area contributed by atoms with Crippen LogP contribution in [0.3, 0.4) is 0 Å². The van der Waals surface area contributed by atoms with E-state index in [4.69, 9.17) is 5.73 Å². The highest BCUT2D eigenvalue weighted by molar-refractivity contribution is 5.99. The molecule has 1 aromatic rings. The molecule has 1 aliphatic carbocycles. The van der Waals surface area contributed by atoms with Crippen molar-refractivity contribution in [3.63, 3.8) is 0 Å². The predicted molar refractivity (Wildman–Crippen MR) is 70.6 cm³/mol. The molecule has 1 fully saturated rings. The summed E-state index contributed by atoms with van der Waals surface area (Å²) in [5.74, 6) is -0.266. The van der Waals surface area contributed by atoms with Gasteiger partial charge < -0.3 is 16.4 Å². The van der Waals surface area contributed by atoms with Crippen LogP contribution in [0.5, 0.6) is 0 Å². The van der Waals surface area contributed by atoms with Crippen molar-refractivity contribution in [2.75, 3.05) is 12.3 Å². The third-order valence-electron chi connectivity index (χ3n) is 2.89. The first-order valence-electron chi connectivity index (χ1n) is 6.40. The third-order valence-corrected chi connectivity index (χ3v) is 2.89. The fraction of sp³-hybridized carbons (Fsp3) is 0.583. The maximum atomic E-state index is 11.9. The lowest BCUT2D eigenvalue weighted by atomic mass is 10.2. The van der Waals surface area contributed by atoms with Gasteiger partial charge in [-0.3, -0.25) is 14.7 Å². The minimum absolute atomic E-state index is 0.0429. The maximum absolute atomic E-state index is 11.9. The van der Waals surface area contributed by atoms with Crippen molar-refractivity contribution in [3.05, 3.63) is 11.4 Å². The Morgan fingerprint density at radius 3 is 2.74 bits per heavy atom. The van der Waals surface area contributed by atoms with Crippen LogP contribution in [-0.2, 0) is 4.79 Å². The van der Waals surface area contributed by atoms with Gasteiger partial charge in [-0.25, -0.2) is 0 Å². The van der Waals surface area contributed by atoms with Crippen LogP contribution >= 0.6 is 0 Å². The number of nitrogen functional groups attached to an aromatic ring is 1. The van der Waals surface area contributed by atoms with Gasteiger partial charge in [-0.05, 0) is 26.7 Å². The Bertz CT molecular complexity index is 490. The van der Waals surface area contributed by atoms with E-state index in [-0.39, 0.29) is 24.2 Å². The van der Waals surface area contributed by atoms with Gasteiger partial charge in [0.15, 0.2) is 5.69 Å². The molecule has 7 nitrogen and oxygen atoms in total. The maximum Gasteiger partial charge on any atom is 0.274 e. The summed E-state index contributed by atoms with van der Waals surface area (Å²) in [5.41, 5.74) is 7.27. The lowest BCUT2D eigenvalue weighted by molar-refractivity contribution is -0.120. The number of carbonyl (C=O) groups excluding carboxylic acids is 2. The zero-order valence-electron chi connectivity index (χ0n) is 11.1. The van der Waals surface area contributed by atoms with Crippen LogP contribution in [0.15, 0.2) is 0 Å². The number of nitrogens with two attached hydrogens (primary N) is 1. The Morgan fingerprint density at radius 1 is 1.47 bits per heavy atom. The van der Waals surface area contributed by atoms with E-state index in [0.29, 0.717) is 11.6 Å². The summed E-state index contributed by atoms with van der Waals surface area (Å²) in [5, 5.41) is 11.9. The number of nitrogens with zero attached hydrogens (tertiary/aromatic N) is 1. The number of amides is 2. The van der Waals surface area contributed by atoms with Gasteiger partial charge in [0.25, 0.3) is 5.91 Å². The summed E-state index contributed by atoms with van der Waals surface area (Å²) in [6.07, 6.45) is 2.15. The lowest BCUT2D eigenvalue weighted by Gasteiger charge is -2.08. The first-order chi connectivity index (χ1) is 8.99. The normalized spacial score (nSPS) is 14.5. The van der Waals surface area contributed by atoms with Gasteiger partial charge in [-0.2, -0.15) is 5.10 Å². The minimum Gasteiger partial charge on any atom is -0.395 e. The van der Waals surface area contributed by atoms with Crippen molar-refractivity contribution in [2.24, 2.45) is 0 Å².